The van der Waals surface area contributed by atoms with Gasteiger partial charge in [0, 0.05) is 32.4 Å². The molecule has 2 amide bonds. The smallest absolute Gasteiger partial charge is 0.315 e. The summed E-state index contributed by atoms with van der Waals surface area (Å²) in [5.41, 5.74) is 0. The van der Waals surface area contributed by atoms with E-state index in [0.29, 0.717) is 31.2 Å². The second-order valence-corrected chi connectivity index (χ2v) is 6.94. The van der Waals surface area contributed by atoms with Crippen LogP contribution in [0.15, 0.2) is 0 Å². The first-order valence-corrected chi connectivity index (χ1v) is 8.89. The lowest BCUT2D eigenvalue weighted by Crippen LogP contribution is -2.47. The fourth-order valence-corrected chi connectivity index (χ4v) is 3.47. The van der Waals surface area contributed by atoms with E-state index in [1.165, 1.54) is 12.8 Å². The van der Waals surface area contributed by atoms with Crippen LogP contribution in [0.3, 0.4) is 0 Å². The molecule has 1 aliphatic carbocycles. The van der Waals surface area contributed by atoms with Crippen LogP contribution in [0.2, 0.25) is 0 Å². The van der Waals surface area contributed by atoms with Crippen molar-refractivity contribution in [2.45, 2.75) is 64.5 Å². The van der Waals surface area contributed by atoms with E-state index >= 15 is 0 Å². The SMILES string of the molecule is C[C@@H]1CC[C@@H](NC(=O)NCCCOC2CCOCC2)[C@H](C)C1. The Morgan fingerprint density at radius 2 is 1.95 bits per heavy atom. The number of amides is 2. The highest BCUT2D eigenvalue weighted by atomic mass is 16.5. The van der Waals surface area contributed by atoms with Crippen molar-refractivity contribution in [3.8, 4) is 0 Å². The van der Waals surface area contributed by atoms with E-state index in [-0.39, 0.29) is 6.03 Å². The number of nitrogens with one attached hydrogen (secondary N) is 2. The van der Waals surface area contributed by atoms with Crippen molar-refractivity contribution in [3.05, 3.63) is 0 Å². The van der Waals surface area contributed by atoms with Crippen molar-refractivity contribution in [1.29, 1.82) is 0 Å². The molecule has 0 radical (unpaired) electrons. The molecule has 2 fully saturated rings. The monoisotopic (exact) mass is 312 g/mol. The van der Waals surface area contributed by atoms with E-state index in [1.807, 2.05) is 0 Å². The number of rotatable bonds is 6. The van der Waals surface area contributed by atoms with E-state index in [0.717, 1.165) is 44.8 Å². The molecule has 2 aliphatic rings. The molecule has 5 heteroatoms. The van der Waals surface area contributed by atoms with E-state index < -0.39 is 0 Å². The minimum atomic E-state index is -0.0301. The zero-order valence-electron chi connectivity index (χ0n) is 14.1. The lowest BCUT2D eigenvalue weighted by molar-refractivity contribution is -0.0320. The summed E-state index contributed by atoms with van der Waals surface area (Å²) in [7, 11) is 0. The molecule has 1 saturated heterocycles. The topological polar surface area (TPSA) is 59.6 Å². The molecule has 128 valence electrons. The molecule has 0 spiro atoms. The lowest BCUT2D eigenvalue weighted by Gasteiger charge is -2.33. The second-order valence-electron chi connectivity index (χ2n) is 6.94. The average Bonchev–Trinajstić information content (AvgIpc) is 2.51. The Hall–Kier alpha value is -0.810. The van der Waals surface area contributed by atoms with Gasteiger partial charge in [-0.3, -0.25) is 0 Å². The van der Waals surface area contributed by atoms with Crippen LogP contribution in [-0.2, 0) is 9.47 Å². The maximum atomic E-state index is 11.9. The molecule has 2 rings (SSSR count). The summed E-state index contributed by atoms with van der Waals surface area (Å²) >= 11 is 0. The Labute approximate surface area is 134 Å². The Kier molecular flexibility index (Phi) is 7.46. The summed E-state index contributed by atoms with van der Waals surface area (Å²) in [5.74, 6) is 1.37. The van der Waals surface area contributed by atoms with Gasteiger partial charge in [-0.05, 0) is 50.4 Å². The van der Waals surface area contributed by atoms with Gasteiger partial charge in [0.25, 0.3) is 0 Å². The van der Waals surface area contributed by atoms with Crippen molar-refractivity contribution in [3.63, 3.8) is 0 Å². The summed E-state index contributed by atoms with van der Waals surface area (Å²) in [6, 6.07) is 0.298. The number of urea groups is 1. The standard InChI is InChI=1S/C17H32N2O3/c1-13-4-5-16(14(2)12-13)19-17(20)18-8-3-9-22-15-6-10-21-11-7-15/h13-16H,3-12H2,1-2H3,(H2,18,19,20)/t13-,14-,16-/m1/s1. The van der Waals surface area contributed by atoms with Crippen LogP contribution in [0.4, 0.5) is 4.79 Å². The van der Waals surface area contributed by atoms with Crippen LogP contribution in [0.1, 0.15) is 52.4 Å². The first-order valence-electron chi connectivity index (χ1n) is 8.89. The highest BCUT2D eigenvalue weighted by Crippen LogP contribution is 2.28. The van der Waals surface area contributed by atoms with Gasteiger partial charge in [0.2, 0.25) is 0 Å². The molecule has 1 aliphatic heterocycles. The van der Waals surface area contributed by atoms with Gasteiger partial charge in [-0.1, -0.05) is 13.8 Å². The van der Waals surface area contributed by atoms with Gasteiger partial charge < -0.3 is 20.1 Å². The van der Waals surface area contributed by atoms with Crippen molar-refractivity contribution in [2.75, 3.05) is 26.4 Å². The maximum absolute atomic E-state index is 11.9. The highest BCUT2D eigenvalue weighted by molar-refractivity contribution is 5.74. The van der Waals surface area contributed by atoms with E-state index in [4.69, 9.17) is 9.47 Å². The Morgan fingerprint density at radius 1 is 1.18 bits per heavy atom. The van der Waals surface area contributed by atoms with Gasteiger partial charge in [0.1, 0.15) is 0 Å². The third-order valence-corrected chi connectivity index (χ3v) is 4.88. The number of ether oxygens (including phenoxy) is 2. The minimum Gasteiger partial charge on any atom is -0.381 e. The lowest BCUT2D eigenvalue weighted by atomic mass is 9.80. The first-order chi connectivity index (χ1) is 10.6. The van der Waals surface area contributed by atoms with Crippen LogP contribution < -0.4 is 10.6 Å². The molecule has 1 saturated carbocycles. The molecular formula is C17H32N2O3. The summed E-state index contributed by atoms with van der Waals surface area (Å²) in [5, 5.41) is 6.07. The van der Waals surface area contributed by atoms with E-state index in [2.05, 4.69) is 24.5 Å². The third-order valence-electron chi connectivity index (χ3n) is 4.88. The molecule has 2 N–H and O–H groups in total. The summed E-state index contributed by atoms with van der Waals surface area (Å²) in [4.78, 5) is 11.9. The molecule has 0 unspecified atom stereocenters. The zero-order valence-corrected chi connectivity index (χ0v) is 14.1. The summed E-state index contributed by atoms with van der Waals surface area (Å²) in [6.07, 6.45) is 6.72. The number of carbonyl (C=O) groups excluding carboxylic acids is 1. The average molecular weight is 312 g/mol. The molecular weight excluding hydrogens is 280 g/mol. The van der Waals surface area contributed by atoms with Gasteiger partial charge in [-0.25, -0.2) is 4.79 Å². The van der Waals surface area contributed by atoms with Crippen molar-refractivity contribution in [1.82, 2.24) is 10.6 Å². The quantitative estimate of drug-likeness (QED) is 0.741. The Balaban J connectivity index is 1.50. The highest BCUT2D eigenvalue weighted by Gasteiger charge is 2.26. The van der Waals surface area contributed by atoms with Crippen molar-refractivity contribution in [2.24, 2.45) is 11.8 Å². The van der Waals surface area contributed by atoms with Crippen LogP contribution in [0.25, 0.3) is 0 Å². The molecule has 0 aromatic heterocycles. The van der Waals surface area contributed by atoms with Gasteiger partial charge in [-0.2, -0.15) is 0 Å². The predicted octanol–water partition coefficient (Wildman–Crippen LogP) is 2.70. The second kappa shape index (κ2) is 9.36. The Morgan fingerprint density at radius 3 is 2.68 bits per heavy atom. The largest absolute Gasteiger partial charge is 0.381 e. The van der Waals surface area contributed by atoms with Crippen molar-refractivity contribution < 1.29 is 14.3 Å². The van der Waals surface area contributed by atoms with Crippen LogP contribution in [0.5, 0.6) is 0 Å². The molecule has 1 heterocycles. The van der Waals surface area contributed by atoms with Gasteiger partial charge >= 0.3 is 6.03 Å². The fraction of sp³-hybridized carbons (Fsp3) is 0.941. The normalized spacial score (nSPS) is 30.0. The maximum Gasteiger partial charge on any atom is 0.315 e. The molecule has 5 nitrogen and oxygen atoms in total. The fourth-order valence-electron chi connectivity index (χ4n) is 3.47. The van der Waals surface area contributed by atoms with Gasteiger partial charge in [0.05, 0.1) is 6.10 Å². The molecule has 0 bridgehead atoms. The number of hydrogen-bond donors (Lipinski definition) is 2. The zero-order chi connectivity index (χ0) is 15.8. The van der Waals surface area contributed by atoms with Crippen LogP contribution in [0, 0.1) is 11.8 Å². The number of hydrogen-bond acceptors (Lipinski definition) is 3. The van der Waals surface area contributed by atoms with Crippen LogP contribution >= 0.6 is 0 Å². The Bertz CT molecular complexity index is 332. The summed E-state index contributed by atoms with van der Waals surface area (Å²) < 4.78 is 11.1. The van der Waals surface area contributed by atoms with Gasteiger partial charge in [0.15, 0.2) is 0 Å². The molecule has 0 aromatic carbocycles. The van der Waals surface area contributed by atoms with E-state index in [1.54, 1.807) is 0 Å². The molecule has 3 atom stereocenters. The predicted molar refractivity (Wildman–Crippen MR) is 86.9 cm³/mol. The van der Waals surface area contributed by atoms with E-state index in [9.17, 15) is 4.79 Å². The number of carbonyl (C=O) groups is 1. The third kappa shape index (κ3) is 6.13. The van der Waals surface area contributed by atoms with Crippen LogP contribution in [-0.4, -0.2) is 44.5 Å². The molecule has 0 aromatic rings. The first kappa shape index (κ1) is 17.5. The summed E-state index contributed by atoms with van der Waals surface area (Å²) in [6.45, 7) is 7.54. The van der Waals surface area contributed by atoms with Gasteiger partial charge in [-0.15, -0.1) is 0 Å². The minimum absolute atomic E-state index is 0.0301. The van der Waals surface area contributed by atoms with Crippen molar-refractivity contribution >= 4 is 6.03 Å². The molecule has 22 heavy (non-hydrogen) atoms.